The molecule has 102 valence electrons. The molecular weight excluding hydrogens is 254 g/mol. The van der Waals surface area contributed by atoms with Crippen molar-refractivity contribution in [2.45, 2.75) is 32.2 Å². The van der Waals surface area contributed by atoms with Crippen LogP contribution in [0.5, 0.6) is 0 Å². The van der Waals surface area contributed by atoms with Crippen molar-refractivity contribution in [2.75, 3.05) is 12.8 Å². The predicted octanol–water partition coefficient (Wildman–Crippen LogP) is 0.449. The third kappa shape index (κ3) is 4.87. The average Bonchev–Trinajstić information content (AvgIpc) is 2.61. The maximum atomic E-state index is 11.6. The van der Waals surface area contributed by atoms with E-state index in [1.54, 1.807) is 0 Å². The van der Waals surface area contributed by atoms with Crippen LogP contribution in [0.4, 0.5) is 0 Å². The number of nitrogens with zero attached hydrogens (tertiary/aromatic N) is 2. The van der Waals surface area contributed by atoms with Gasteiger partial charge in [0.25, 0.3) is 0 Å². The zero-order valence-corrected chi connectivity index (χ0v) is 11.9. The van der Waals surface area contributed by atoms with Gasteiger partial charge in [-0.1, -0.05) is 20.8 Å². The minimum atomic E-state index is -3.27. The summed E-state index contributed by atoms with van der Waals surface area (Å²) in [5, 5.41) is 6.61. The molecule has 0 bridgehead atoms. The van der Waals surface area contributed by atoms with Crippen LogP contribution in [0.15, 0.2) is 17.3 Å². The molecule has 0 aliphatic carbocycles. The second kappa shape index (κ2) is 5.09. The van der Waals surface area contributed by atoms with Gasteiger partial charge in [0.2, 0.25) is 5.91 Å². The van der Waals surface area contributed by atoms with E-state index in [0.29, 0.717) is 6.54 Å². The van der Waals surface area contributed by atoms with E-state index in [9.17, 15) is 13.2 Å². The van der Waals surface area contributed by atoms with Gasteiger partial charge in [-0.2, -0.15) is 5.10 Å². The Balaban J connectivity index is 2.58. The van der Waals surface area contributed by atoms with Gasteiger partial charge in [-0.15, -0.1) is 0 Å². The van der Waals surface area contributed by atoms with Crippen molar-refractivity contribution >= 4 is 15.7 Å². The first kappa shape index (κ1) is 14.7. The third-order valence-corrected chi connectivity index (χ3v) is 3.23. The molecule has 0 spiro atoms. The quantitative estimate of drug-likeness (QED) is 0.863. The van der Waals surface area contributed by atoms with Crippen molar-refractivity contribution in [3.8, 4) is 0 Å². The lowest BCUT2D eigenvalue weighted by molar-refractivity contribution is -0.122. The Kier molecular flexibility index (Phi) is 4.16. The second-order valence-electron chi connectivity index (χ2n) is 5.48. The number of amides is 1. The largest absolute Gasteiger partial charge is 0.354 e. The van der Waals surface area contributed by atoms with Gasteiger partial charge in [0.15, 0.2) is 9.84 Å². The van der Waals surface area contributed by atoms with Crippen LogP contribution in [0.2, 0.25) is 0 Å². The molecule has 1 heterocycles. The van der Waals surface area contributed by atoms with Gasteiger partial charge in [-0.25, -0.2) is 8.42 Å². The molecule has 18 heavy (non-hydrogen) atoms. The highest BCUT2D eigenvalue weighted by molar-refractivity contribution is 7.90. The van der Waals surface area contributed by atoms with Crippen molar-refractivity contribution in [2.24, 2.45) is 5.41 Å². The van der Waals surface area contributed by atoms with Gasteiger partial charge in [-0.3, -0.25) is 9.48 Å². The van der Waals surface area contributed by atoms with Crippen LogP contribution in [0, 0.1) is 5.41 Å². The summed E-state index contributed by atoms with van der Waals surface area (Å²) < 4.78 is 23.8. The first-order chi connectivity index (χ1) is 8.08. The Morgan fingerprint density at radius 3 is 2.50 bits per heavy atom. The van der Waals surface area contributed by atoms with Crippen molar-refractivity contribution in [3.63, 3.8) is 0 Å². The Morgan fingerprint density at radius 1 is 1.44 bits per heavy atom. The molecule has 0 atom stereocenters. The number of carbonyl (C=O) groups is 1. The maximum Gasteiger partial charge on any atom is 0.241 e. The first-order valence-electron chi connectivity index (χ1n) is 5.57. The highest BCUT2D eigenvalue weighted by Gasteiger charge is 2.14. The molecule has 0 aromatic carbocycles. The van der Waals surface area contributed by atoms with E-state index >= 15 is 0 Å². The molecule has 1 aromatic heterocycles. The van der Waals surface area contributed by atoms with E-state index in [4.69, 9.17) is 0 Å². The highest BCUT2D eigenvalue weighted by Crippen LogP contribution is 2.10. The smallest absolute Gasteiger partial charge is 0.241 e. The zero-order valence-electron chi connectivity index (χ0n) is 11.1. The van der Waals surface area contributed by atoms with Crippen molar-refractivity contribution < 1.29 is 13.2 Å². The molecule has 1 amide bonds. The van der Waals surface area contributed by atoms with Crippen LogP contribution in [-0.2, 0) is 21.2 Å². The fourth-order valence-corrected chi connectivity index (χ4v) is 1.74. The van der Waals surface area contributed by atoms with Crippen LogP contribution in [0.25, 0.3) is 0 Å². The molecule has 0 radical (unpaired) electrons. The molecule has 0 fully saturated rings. The molecule has 0 saturated heterocycles. The summed E-state index contributed by atoms with van der Waals surface area (Å²) in [5.74, 6) is -0.187. The van der Waals surface area contributed by atoms with Gasteiger partial charge >= 0.3 is 0 Å². The number of rotatable bonds is 4. The maximum absolute atomic E-state index is 11.6. The second-order valence-corrected chi connectivity index (χ2v) is 7.50. The normalized spacial score (nSPS) is 12.4. The molecule has 6 nitrogen and oxygen atoms in total. The molecule has 1 aromatic rings. The molecule has 0 unspecified atom stereocenters. The van der Waals surface area contributed by atoms with Gasteiger partial charge in [0.1, 0.15) is 11.4 Å². The van der Waals surface area contributed by atoms with E-state index < -0.39 is 9.84 Å². The first-order valence-corrected chi connectivity index (χ1v) is 7.46. The van der Waals surface area contributed by atoms with E-state index in [1.807, 2.05) is 20.8 Å². The molecule has 1 N–H and O–H groups in total. The number of aromatic nitrogens is 2. The van der Waals surface area contributed by atoms with Gasteiger partial charge in [-0.05, 0) is 5.41 Å². The molecule has 0 saturated carbocycles. The Labute approximate surface area is 107 Å². The average molecular weight is 273 g/mol. The minimum absolute atomic E-state index is 0.0116. The Morgan fingerprint density at radius 2 is 2.06 bits per heavy atom. The zero-order chi connectivity index (χ0) is 14.0. The summed E-state index contributed by atoms with van der Waals surface area (Å²) in [6.07, 6.45) is 3.70. The summed E-state index contributed by atoms with van der Waals surface area (Å²) >= 11 is 0. The molecule has 0 aliphatic heterocycles. The number of hydrogen-bond acceptors (Lipinski definition) is 4. The van der Waals surface area contributed by atoms with Crippen LogP contribution in [-0.4, -0.2) is 36.9 Å². The summed E-state index contributed by atoms with van der Waals surface area (Å²) in [6, 6.07) is 0. The Bertz CT molecular complexity index is 526. The number of hydrogen-bond donors (Lipinski definition) is 1. The SMILES string of the molecule is CC(C)(C)CNC(=O)Cn1cc(S(C)(=O)=O)cn1. The van der Waals surface area contributed by atoms with Crippen molar-refractivity contribution in [1.29, 1.82) is 0 Å². The molecule has 7 heteroatoms. The predicted molar refractivity (Wildman–Crippen MR) is 67.8 cm³/mol. The number of carbonyl (C=O) groups excluding carboxylic acids is 1. The van der Waals surface area contributed by atoms with Gasteiger partial charge in [0.05, 0.1) is 6.20 Å². The van der Waals surface area contributed by atoms with Crippen molar-refractivity contribution in [3.05, 3.63) is 12.4 Å². The monoisotopic (exact) mass is 273 g/mol. The number of sulfone groups is 1. The lowest BCUT2D eigenvalue weighted by Crippen LogP contribution is -2.34. The Hall–Kier alpha value is -1.37. The lowest BCUT2D eigenvalue weighted by atomic mass is 9.97. The van der Waals surface area contributed by atoms with Gasteiger partial charge in [0, 0.05) is 19.0 Å². The lowest BCUT2D eigenvalue weighted by Gasteiger charge is -2.18. The fourth-order valence-electron chi connectivity index (χ4n) is 1.19. The minimum Gasteiger partial charge on any atom is -0.354 e. The van der Waals surface area contributed by atoms with Crippen LogP contribution >= 0.6 is 0 Å². The summed E-state index contributed by atoms with van der Waals surface area (Å²) in [6.45, 7) is 6.63. The topological polar surface area (TPSA) is 81.1 Å². The van der Waals surface area contributed by atoms with Crippen LogP contribution in [0.1, 0.15) is 20.8 Å². The third-order valence-electron chi connectivity index (χ3n) is 2.16. The number of nitrogens with one attached hydrogen (secondary N) is 1. The molecule has 1 rings (SSSR count). The standard InChI is InChI=1S/C11H19N3O3S/c1-11(2,3)8-12-10(15)7-14-6-9(5-13-14)18(4,16)17/h5-6H,7-8H2,1-4H3,(H,12,15). The fraction of sp³-hybridized carbons (Fsp3) is 0.636. The van der Waals surface area contributed by atoms with Crippen LogP contribution in [0.3, 0.4) is 0 Å². The van der Waals surface area contributed by atoms with E-state index in [-0.39, 0.29) is 22.8 Å². The van der Waals surface area contributed by atoms with E-state index in [0.717, 1.165) is 6.26 Å². The highest BCUT2D eigenvalue weighted by atomic mass is 32.2. The summed E-state index contributed by atoms with van der Waals surface area (Å²) in [5.41, 5.74) is 0.0116. The van der Waals surface area contributed by atoms with Crippen LogP contribution < -0.4 is 5.32 Å². The van der Waals surface area contributed by atoms with Crippen molar-refractivity contribution in [1.82, 2.24) is 15.1 Å². The van der Waals surface area contributed by atoms with E-state index in [2.05, 4.69) is 10.4 Å². The van der Waals surface area contributed by atoms with Gasteiger partial charge < -0.3 is 5.32 Å². The summed E-state index contributed by atoms with van der Waals surface area (Å²) in [4.78, 5) is 11.7. The molecule has 0 aliphatic rings. The summed E-state index contributed by atoms with van der Waals surface area (Å²) in [7, 11) is -3.27. The molecular formula is C11H19N3O3S. The van der Waals surface area contributed by atoms with E-state index in [1.165, 1.54) is 17.1 Å².